The van der Waals surface area contributed by atoms with Crippen molar-refractivity contribution in [1.82, 2.24) is 20.6 Å². The predicted molar refractivity (Wildman–Crippen MR) is 155 cm³/mol. The minimum absolute atomic E-state index is 0.0360. The number of aromatic amines is 1. The number of phenolic OH excluding ortho intramolecular Hbond substituents is 1. The zero-order valence-corrected chi connectivity index (χ0v) is 24.2. The van der Waals surface area contributed by atoms with Crippen molar-refractivity contribution >= 4 is 28.7 Å². The minimum atomic E-state index is -1.31. The number of aromatic hydroxyl groups is 1. The molecule has 0 spiro atoms. The number of methoxy groups -OCH3 is 1. The number of rotatable bonds is 11. The second-order valence-corrected chi connectivity index (χ2v) is 10.8. The molecule has 0 bridgehead atoms. The van der Waals surface area contributed by atoms with Crippen LogP contribution in [0.4, 0.5) is 0 Å². The van der Waals surface area contributed by atoms with Crippen molar-refractivity contribution in [3.63, 3.8) is 0 Å². The highest BCUT2D eigenvalue weighted by molar-refractivity contribution is 6.01. The average molecular weight is 577 g/mol. The number of aromatic nitrogens is 2. The predicted octanol–water partition coefficient (Wildman–Crippen LogP) is 3.87. The number of carbonyl (C=O) groups excluding carboxylic acids is 3. The van der Waals surface area contributed by atoms with E-state index >= 15 is 0 Å². The molecule has 2 amide bonds. The summed E-state index contributed by atoms with van der Waals surface area (Å²) < 4.78 is 11.1. The molecule has 0 saturated heterocycles. The lowest BCUT2D eigenvalue weighted by Gasteiger charge is -2.25. The number of aliphatic hydroxyl groups excluding tert-OH is 1. The van der Waals surface area contributed by atoms with Gasteiger partial charge in [0.15, 0.2) is 11.5 Å². The fraction of sp³-hybridized carbons (Fsp3) is 0.355. The van der Waals surface area contributed by atoms with Crippen LogP contribution in [0, 0.1) is 11.8 Å². The van der Waals surface area contributed by atoms with Crippen molar-refractivity contribution in [2.45, 2.75) is 52.3 Å². The Morgan fingerprint density at radius 1 is 0.976 bits per heavy atom. The number of fused-ring (bicyclic) bond motifs is 1. The third kappa shape index (κ3) is 6.63. The van der Waals surface area contributed by atoms with Crippen LogP contribution in [-0.2, 0) is 20.7 Å². The van der Waals surface area contributed by atoms with Crippen molar-refractivity contribution < 1.29 is 33.8 Å². The van der Waals surface area contributed by atoms with Crippen LogP contribution in [0.2, 0.25) is 0 Å². The summed E-state index contributed by atoms with van der Waals surface area (Å²) in [5.41, 5.74) is 2.09. The first kappa shape index (κ1) is 30.3. The van der Waals surface area contributed by atoms with E-state index in [1.807, 2.05) is 38.1 Å². The fourth-order valence-electron chi connectivity index (χ4n) is 4.55. The van der Waals surface area contributed by atoms with Crippen molar-refractivity contribution in [1.29, 1.82) is 0 Å². The molecule has 4 aromatic rings. The zero-order valence-electron chi connectivity index (χ0n) is 24.2. The lowest BCUT2D eigenvalue weighted by molar-refractivity contribution is -0.135. The number of hydrogen-bond donors (Lipinski definition) is 5. The lowest BCUT2D eigenvalue weighted by atomic mass is 10.0. The van der Waals surface area contributed by atoms with Crippen LogP contribution >= 0.6 is 0 Å². The van der Waals surface area contributed by atoms with Crippen molar-refractivity contribution in [2.75, 3.05) is 7.11 Å². The van der Waals surface area contributed by atoms with Crippen LogP contribution in [0.25, 0.3) is 22.2 Å². The van der Waals surface area contributed by atoms with Gasteiger partial charge in [-0.25, -0.2) is 9.78 Å². The maximum atomic E-state index is 13.7. The molecule has 2 aromatic carbocycles. The molecular formula is C31H36N4O7. The fourth-order valence-corrected chi connectivity index (χ4v) is 4.55. The molecule has 3 atom stereocenters. The molecular weight excluding hydrogens is 540 g/mol. The van der Waals surface area contributed by atoms with Gasteiger partial charge in [0.25, 0.3) is 0 Å². The van der Waals surface area contributed by atoms with Gasteiger partial charge in [0.2, 0.25) is 17.7 Å². The summed E-state index contributed by atoms with van der Waals surface area (Å²) in [5, 5.41) is 26.3. The number of para-hydroxylation sites is 1. The number of H-pyrrole nitrogens is 1. The molecule has 222 valence electrons. The van der Waals surface area contributed by atoms with Crippen LogP contribution in [0.1, 0.15) is 55.7 Å². The van der Waals surface area contributed by atoms with E-state index in [1.54, 1.807) is 32.2 Å². The molecule has 1 unspecified atom stereocenters. The Morgan fingerprint density at radius 2 is 1.67 bits per heavy atom. The van der Waals surface area contributed by atoms with E-state index in [1.165, 1.54) is 19.2 Å². The van der Waals surface area contributed by atoms with E-state index in [-0.39, 0.29) is 41.4 Å². The van der Waals surface area contributed by atoms with Crippen molar-refractivity contribution in [3.05, 3.63) is 71.9 Å². The number of nitrogens with one attached hydrogen (secondary N) is 3. The van der Waals surface area contributed by atoms with Gasteiger partial charge in [-0.05, 0) is 35.6 Å². The third-order valence-corrected chi connectivity index (χ3v) is 7.00. The second kappa shape index (κ2) is 12.9. The van der Waals surface area contributed by atoms with Crippen LogP contribution in [-0.4, -0.2) is 57.2 Å². The molecule has 2 heterocycles. The minimum Gasteiger partial charge on any atom is -0.508 e. The van der Waals surface area contributed by atoms with E-state index in [2.05, 4.69) is 20.6 Å². The Labute approximate surface area is 243 Å². The third-order valence-electron chi connectivity index (χ3n) is 7.00. The normalized spacial score (nSPS) is 13.6. The number of hydrogen-bond acceptors (Lipinski definition) is 8. The highest BCUT2D eigenvalue weighted by Crippen LogP contribution is 2.35. The number of esters is 1. The van der Waals surface area contributed by atoms with Crippen LogP contribution < -0.4 is 10.6 Å². The second-order valence-electron chi connectivity index (χ2n) is 10.8. The van der Waals surface area contributed by atoms with Gasteiger partial charge in [0.05, 0.1) is 7.11 Å². The van der Waals surface area contributed by atoms with Gasteiger partial charge in [-0.2, -0.15) is 0 Å². The Hall–Kier alpha value is -4.64. The number of carbonyl (C=O) groups is 3. The number of aliphatic hydroxyl groups is 1. The number of ether oxygens (including phenoxy) is 1. The maximum absolute atomic E-state index is 13.7. The van der Waals surface area contributed by atoms with E-state index < -0.39 is 36.0 Å². The summed E-state index contributed by atoms with van der Waals surface area (Å²) >= 11 is 0. The maximum Gasteiger partial charge on any atom is 0.360 e. The Bertz CT molecular complexity index is 1560. The van der Waals surface area contributed by atoms with Gasteiger partial charge < -0.3 is 35.0 Å². The first-order valence-corrected chi connectivity index (χ1v) is 13.7. The first-order chi connectivity index (χ1) is 20.0. The van der Waals surface area contributed by atoms with E-state index in [0.29, 0.717) is 11.1 Å². The Morgan fingerprint density at radius 3 is 2.31 bits per heavy atom. The summed E-state index contributed by atoms with van der Waals surface area (Å²) in [6, 6.07) is 11.9. The molecule has 0 radical (unpaired) electrons. The molecule has 42 heavy (non-hydrogen) atoms. The topological polar surface area (TPSA) is 167 Å². The zero-order chi connectivity index (χ0) is 30.6. The number of benzene rings is 2. The summed E-state index contributed by atoms with van der Waals surface area (Å²) in [6.07, 6.45) is 0.495. The van der Waals surface area contributed by atoms with E-state index in [4.69, 9.17) is 9.15 Å². The summed E-state index contributed by atoms with van der Waals surface area (Å²) in [5.74, 6) is -2.17. The van der Waals surface area contributed by atoms with Crippen LogP contribution in [0.5, 0.6) is 5.75 Å². The standard InChI is InChI=1S/C31H36N4O7/c1-16(2)24(30-35-25(31(40)41-5)27(42-30)21-15-32-22-9-7-6-8-20(21)22)34-28(38)23(33-29(39)26(37)17(3)4)14-18-10-12-19(36)13-11-18/h6-13,15-17,23-24,26,32,36-37H,14H2,1-5H3,(H,33,39)(H,34,38)/t23?,24-,26-/m0/s1. The van der Waals surface area contributed by atoms with Crippen LogP contribution in [0.15, 0.2) is 59.1 Å². The monoisotopic (exact) mass is 576 g/mol. The van der Waals surface area contributed by atoms with E-state index in [0.717, 1.165) is 10.9 Å². The molecule has 11 heteroatoms. The Balaban J connectivity index is 1.68. The molecule has 0 aliphatic rings. The number of nitrogens with zero attached hydrogens (tertiary/aromatic N) is 1. The largest absolute Gasteiger partial charge is 0.508 e. The molecule has 0 saturated carbocycles. The molecule has 5 N–H and O–H groups in total. The number of phenols is 1. The molecule has 11 nitrogen and oxygen atoms in total. The van der Waals surface area contributed by atoms with Crippen LogP contribution in [0.3, 0.4) is 0 Å². The summed E-state index contributed by atoms with van der Waals surface area (Å²) in [4.78, 5) is 46.8. The highest BCUT2D eigenvalue weighted by atomic mass is 16.5. The smallest absolute Gasteiger partial charge is 0.360 e. The SMILES string of the molecule is COC(=O)c1nc([C@@H](NC(=O)C(Cc2ccc(O)cc2)NC(=O)[C@@H](O)C(C)C)C(C)C)oc1-c1c[nH]c2ccccc12. The quantitative estimate of drug-likeness (QED) is 0.168. The molecule has 0 aliphatic carbocycles. The average Bonchev–Trinajstić information content (AvgIpc) is 3.60. The molecule has 2 aromatic heterocycles. The van der Waals surface area contributed by atoms with Crippen molar-refractivity contribution in [2.24, 2.45) is 11.8 Å². The highest BCUT2D eigenvalue weighted by Gasteiger charge is 2.33. The van der Waals surface area contributed by atoms with Gasteiger partial charge in [0.1, 0.15) is 23.9 Å². The number of oxazole rings is 1. The molecule has 0 fully saturated rings. The lowest BCUT2D eigenvalue weighted by Crippen LogP contribution is -2.52. The van der Waals surface area contributed by atoms with Gasteiger partial charge >= 0.3 is 5.97 Å². The first-order valence-electron chi connectivity index (χ1n) is 13.7. The van der Waals surface area contributed by atoms with E-state index in [9.17, 15) is 24.6 Å². The van der Waals surface area contributed by atoms with Gasteiger partial charge in [-0.15, -0.1) is 0 Å². The molecule has 4 rings (SSSR count). The van der Waals surface area contributed by atoms with Gasteiger partial charge in [-0.3, -0.25) is 9.59 Å². The molecule has 0 aliphatic heterocycles. The summed E-state index contributed by atoms with van der Waals surface area (Å²) in [6.45, 7) is 7.10. The van der Waals surface area contributed by atoms with Crippen molar-refractivity contribution in [3.8, 4) is 17.1 Å². The number of amides is 2. The van der Waals surface area contributed by atoms with Gasteiger partial charge in [-0.1, -0.05) is 58.0 Å². The Kier molecular flexibility index (Phi) is 9.31. The van der Waals surface area contributed by atoms with Gasteiger partial charge in [0, 0.05) is 29.1 Å². The summed E-state index contributed by atoms with van der Waals surface area (Å²) in [7, 11) is 1.25.